The van der Waals surface area contributed by atoms with Crippen LogP contribution in [0.1, 0.15) is 41.1 Å². The first-order valence-corrected chi connectivity index (χ1v) is 8.83. The number of hydrogen-bond acceptors (Lipinski definition) is 2. The summed E-state index contributed by atoms with van der Waals surface area (Å²) in [5, 5.41) is 3.31. The molecule has 1 saturated heterocycles. The maximum absolute atomic E-state index is 13.0. The molecule has 1 N–H and O–H groups in total. The Morgan fingerprint density at radius 3 is 2.03 bits per heavy atom. The third-order valence-corrected chi connectivity index (χ3v) is 4.67. The van der Waals surface area contributed by atoms with E-state index in [-0.39, 0.29) is 42.8 Å². The SMILES string of the molecule is Cl.FC(F)(F)c1cc(CO[C@@H]2CCCN[C@H]2c2ccccc2)cc(C(F)(F)F)c1. The molecule has 2 aromatic carbocycles. The Morgan fingerprint density at radius 1 is 0.897 bits per heavy atom. The molecule has 9 heteroatoms. The van der Waals surface area contributed by atoms with Crippen LogP contribution in [0, 0.1) is 0 Å². The number of hydrogen-bond donors (Lipinski definition) is 1. The number of halogens is 7. The average Bonchev–Trinajstić information content (AvgIpc) is 2.66. The number of nitrogens with one attached hydrogen (secondary N) is 1. The highest BCUT2D eigenvalue weighted by molar-refractivity contribution is 5.85. The minimum Gasteiger partial charge on any atom is -0.372 e. The quantitative estimate of drug-likeness (QED) is 0.576. The fourth-order valence-electron chi connectivity index (χ4n) is 3.34. The topological polar surface area (TPSA) is 21.3 Å². The lowest BCUT2D eigenvalue weighted by Crippen LogP contribution is -2.39. The lowest BCUT2D eigenvalue weighted by Gasteiger charge is -2.33. The summed E-state index contributed by atoms with van der Waals surface area (Å²) >= 11 is 0. The third kappa shape index (κ3) is 6.10. The minimum absolute atomic E-state index is 0. The summed E-state index contributed by atoms with van der Waals surface area (Å²) in [6, 6.07) is 10.8. The van der Waals surface area contributed by atoms with Crippen LogP contribution < -0.4 is 5.32 Å². The van der Waals surface area contributed by atoms with Gasteiger partial charge in [0.25, 0.3) is 0 Å². The van der Waals surface area contributed by atoms with E-state index in [1.165, 1.54) is 0 Å². The van der Waals surface area contributed by atoms with Gasteiger partial charge < -0.3 is 10.1 Å². The van der Waals surface area contributed by atoms with E-state index in [9.17, 15) is 26.3 Å². The Balaban J connectivity index is 0.00000300. The molecule has 0 unspecified atom stereocenters. The molecule has 0 aliphatic carbocycles. The first-order valence-electron chi connectivity index (χ1n) is 8.83. The smallest absolute Gasteiger partial charge is 0.372 e. The van der Waals surface area contributed by atoms with Gasteiger partial charge in [-0.15, -0.1) is 12.4 Å². The summed E-state index contributed by atoms with van der Waals surface area (Å²) in [6.45, 7) is 0.434. The molecular formula is C20H20ClF6NO. The summed E-state index contributed by atoms with van der Waals surface area (Å²) in [5.41, 5.74) is -1.85. The van der Waals surface area contributed by atoms with Crippen molar-refractivity contribution in [3.63, 3.8) is 0 Å². The highest BCUT2D eigenvalue weighted by Crippen LogP contribution is 2.37. The Hall–Kier alpha value is -1.77. The second-order valence-electron chi connectivity index (χ2n) is 6.75. The fraction of sp³-hybridized carbons (Fsp3) is 0.400. The molecule has 2 atom stereocenters. The predicted molar refractivity (Wildman–Crippen MR) is 98.7 cm³/mol. The molecule has 0 saturated carbocycles. The average molecular weight is 440 g/mol. The van der Waals surface area contributed by atoms with Gasteiger partial charge in [0.2, 0.25) is 0 Å². The van der Waals surface area contributed by atoms with Crippen molar-refractivity contribution in [1.82, 2.24) is 5.32 Å². The Morgan fingerprint density at radius 2 is 1.48 bits per heavy atom. The van der Waals surface area contributed by atoms with Gasteiger partial charge in [0.1, 0.15) is 0 Å². The second-order valence-corrected chi connectivity index (χ2v) is 6.75. The van der Waals surface area contributed by atoms with Crippen LogP contribution in [-0.2, 0) is 23.7 Å². The Labute approximate surface area is 170 Å². The molecule has 0 spiro atoms. The maximum Gasteiger partial charge on any atom is 0.416 e. The number of rotatable bonds is 4. The van der Waals surface area contributed by atoms with Crippen LogP contribution >= 0.6 is 12.4 Å². The molecule has 1 aliphatic rings. The first kappa shape index (κ1) is 23.5. The molecule has 0 aromatic heterocycles. The summed E-state index contributed by atoms with van der Waals surface area (Å²) < 4.78 is 83.8. The summed E-state index contributed by atoms with van der Waals surface area (Å²) in [7, 11) is 0. The molecule has 0 amide bonds. The summed E-state index contributed by atoms with van der Waals surface area (Å²) in [4.78, 5) is 0. The van der Waals surface area contributed by atoms with Crippen molar-refractivity contribution in [1.29, 1.82) is 0 Å². The van der Waals surface area contributed by atoms with Gasteiger partial charge in [-0.2, -0.15) is 26.3 Å². The van der Waals surface area contributed by atoms with Crippen LogP contribution in [0.15, 0.2) is 48.5 Å². The van der Waals surface area contributed by atoms with Crippen molar-refractivity contribution < 1.29 is 31.1 Å². The second kappa shape index (κ2) is 9.36. The van der Waals surface area contributed by atoms with Gasteiger partial charge in [0.05, 0.1) is 29.9 Å². The van der Waals surface area contributed by atoms with E-state index >= 15 is 0 Å². The standard InChI is InChI=1S/C20H19F6NO.ClH/c21-19(22,23)15-9-13(10-16(11-15)20(24,25)26)12-28-17-7-4-8-27-18(17)14-5-2-1-3-6-14;/h1-3,5-6,9-11,17-18,27H,4,7-8,12H2;1H/t17-,18+;/m1./s1. The van der Waals surface area contributed by atoms with E-state index in [0.717, 1.165) is 18.5 Å². The van der Waals surface area contributed by atoms with Gasteiger partial charge in [-0.25, -0.2) is 0 Å². The van der Waals surface area contributed by atoms with Crippen molar-refractivity contribution in [2.45, 2.75) is 43.9 Å². The van der Waals surface area contributed by atoms with Gasteiger partial charge in [-0.05, 0) is 48.7 Å². The number of benzene rings is 2. The number of piperidine rings is 1. The number of ether oxygens (including phenoxy) is 1. The van der Waals surface area contributed by atoms with Crippen molar-refractivity contribution in [3.8, 4) is 0 Å². The van der Waals surface area contributed by atoms with Crippen LogP contribution in [0.3, 0.4) is 0 Å². The van der Waals surface area contributed by atoms with Crippen molar-refractivity contribution in [2.24, 2.45) is 0 Å². The van der Waals surface area contributed by atoms with Crippen LogP contribution in [0.4, 0.5) is 26.3 Å². The predicted octanol–water partition coefficient (Wildman–Crippen LogP) is 6.16. The zero-order valence-corrected chi connectivity index (χ0v) is 16.0. The van der Waals surface area contributed by atoms with E-state index in [2.05, 4.69) is 5.32 Å². The minimum atomic E-state index is -4.87. The van der Waals surface area contributed by atoms with E-state index in [4.69, 9.17) is 4.74 Å². The van der Waals surface area contributed by atoms with Crippen LogP contribution in [0.25, 0.3) is 0 Å². The van der Waals surface area contributed by atoms with E-state index < -0.39 is 23.5 Å². The van der Waals surface area contributed by atoms with E-state index in [0.29, 0.717) is 18.6 Å². The zero-order valence-electron chi connectivity index (χ0n) is 15.2. The van der Waals surface area contributed by atoms with Crippen molar-refractivity contribution in [3.05, 3.63) is 70.8 Å². The van der Waals surface area contributed by atoms with Crippen LogP contribution in [-0.4, -0.2) is 12.6 Å². The summed E-state index contributed by atoms with van der Waals surface area (Å²) in [6.07, 6.45) is -8.61. The molecule has 29 heavy (non-hydrogen) atoms. The zero-order chi connectivity index (χ0) is 20.4. The summed E-state index contributed by atoms with van der Waals surface area (Å²) in [5.74, 6) is 0. The lowest BCUT2D eigenvalue weighted by molar-refractivity contribution is -0.143. The van der Waals surface area contributed by atoms with E-state index in [1.807, 2.05) is 30.3 Å². The van der Waals surface area contributed by atoms with Gasteiger partial charge in [-0.3, -0.25) is 0 Å². The molecule has 1 aliphatic heterocycles. The van der Waals surface area contributed by atoms with Gasteiger partial charge >= 0.3 is 12.4 Å². The van der Waals surface area contributed by atoms with Crippen molar-refractivity contribution in [2.75, 3.05) is 6.54 Å². The maximum atomic E-state index is 13.0. The Bertz CT molecular complexity index is 762. The fourth-order valence-corrected chi connectivity index (χ4v) is 3.34. The molecular weight excluding hydrogens is 420 g/mol. The molecule has 2 aromatic rings. The van der Waals surface area contributed by atoms with Gasteiger partial charge in [0.15, 0.2) is 0 Å². The molecule has 0 radical (unpaired) electrons. The third-order valence-electron chi connectivity index (χ3n) is 4.67. The van der Waals surface area contributed by atoms with Gasteiger partial charge in [0, 0.05) is 0 Å². The first-order chi connectivity index (χ1) is 13.1. The highest BCUT2D eigenvalue weighted by Gasteiger charge is 2.37. The molecule has 160 valence electrons. The van der Waals surface area contributed by atoms with Crippen LogP contribution in [0.5, 0.6) is 0 Å². The monoisotopic (exact) mass is 439 g/mol. The molecule has 0 bridgehead atoms. The Kier molecular flexibility index (Phi) is 7.59. The highest BCUT2D eigenvalue weighted by atomic mass is 35.5. The van der Waals surface area contributed by atoms with E-state index in [1.54, 1.807) is 0 Å². The molecule has 2 nitrogen and oxygen atoms in total. The number of alkyl halides is 6. The van der Waals surface area contributed by atoms with Gasteiger partial charge in [-0.1, -0.05) is 30.3 Å². The molecule has 3 rings (SSSR count). The largest absolute Gasteiger partial charge is 0.416 e. The van der Waals surface area contributed by atoms with Crippen LogP contribution in [0.2, 0.25) is 0 Å². The normalized spacial score (nSPS) is 20.2. The molecule has 1 fully saturated rings. The molecule has 1 heterocycles. The lowest BCUT2D eigenvalue weighted by atomic mass is 9.94. The van der Waals surface area contributed by atoms with Crippen molar-refractivity contribution >= 4 is 12.4 Å².